The van der Waals surface area contributed by atoms with Crippen LogP contribution in [-0.2, 0) is 0 Å². The fourth-order valence-corrected chi connectivity index (χ4v) is 2.25. The van der Waals surface area contributed by atoms with Crippen LogP contribution in [0.1, 0.15) is 26.7 Å². The summed E-state index contributed by atoms with van der Waals surface area (Å²) in [6.07, 6.45) is 2.22. The van der Waals surface area contributed by atoms with Gasteiger partial charge in [0.1, 0.15) is 0 Å². The molecule has 4 heteroatoms. The highest BCUT2D eigenvalue weighted by molar-refractivity contribution is 5.02. The first kappa shape index (κ1) is 12.9. The van der Waals surface area contributed by atoms with Gasteiger partial charge in [0.15, 0.2) is 0 Å². The predicted molar refractivity (Wildman–Crippen MR) is 58.6 cm³/mol. The Balaban J connectivity index is 2.62. The third-order valence-corrected chi connectivity index (χ3v) is 4.11. The van der Waals surface area contributed by atoms with Crippen LogP contribution in [0.3, 0.4) is 0 Å². The van der Waals surface area contributed by atoms with Gasteiger partial charge in [-0.2, -0.15) is 0 Å². The minimum Gasteiger partial charge on any atom is -0.394 e. The van der Waals surface area contributed by atoms with Crippen molar-refractivity contribution in [1.82, 2.24) is 4.90 Å². The molecule has 0 radical (unpaired) electrons. The monoisotopic (exact) mass is 217 g/mol. The summed E-state index contributed by atoms with van der Waals surface area (Å²) in [7, 11) is 0. The molecule has 1 aliphatic heterocycles. The number of nitrogens with zero attached hydrogens (tertiary/aromatic N) is 1. The van der Waals surface area contributed by atoms with Gasteiger partial charge in [-0.3, -0.25) is 4.90 Å². The van der Waals surface area contributed by atoms with Gasteiger partial charge in [0.05, 0.1) is 25.4 Å². The summed E-state index contributed by atoms with van der Waals surface area (Å²) in [5, 5.41) is 27.8. The number of hydrogen-bond acceptors (Lipinski definition) is 4. The molecule has 0 aromatic heterocycles. The lowest BCUT2D eigenvalue weighted by molar-refractivity contribution is -0.136. The van der Waals surface area contributed by atoms with Gasteiger partial charge in [0.25, 0.3) is 0 Å². The molecule has 0 aromatic rings. The van der Waals surface area contributed by atoms with E-state index in [9.17, 15) is 15.3 Å². The molecule has 0 saturated carbocycles. The first-order valence-corrected chi connectivity index (χ1v) is 5.69. The molecule has 0 aromatic carbocycles. The van der Waals surface area contributed by atoms with Crippen LogP contribution in [0.4, 0.5) is 0 Å². The van der Waals surface area contributed by atoms with Crippen LogP contribution < -0.4 is 0 Å². The summed E-state index contributed by atoms with van der Waals surface area (Å²) in [5.41, 5.74) is -0.501. The Morgan fingerprint density at radius 3 is 1.67 bits per heavy atom. The minimum atomic E-state index is -0.826. The van der Waals surface area contributed by atoms with Gasteiger partial charge in [0.2, 0.25) is 0 Å². The van der Waals surface area contributed by atoms with Crippen LogP contribution in [-0.4, -0.2) is 58.7 Å². The number of rotatable bonds is 6. The summed E-state index contributed by atoms with van der Waals surface area (Å²) >= 11 is 0. The predicted octanol–water partition coefficient (Wildman–Crippen LogP) is -0.176. The zero-order valence-electron chi connectivity index (χ0n) is 9.74. The molecule has 4 nitrogen and oxygen atoms in total. The van der Waals surface area contributed by atoms with Crippen molar-refractivity contribution in [2.45, 2.75) is 32.2 Å². The van der Waals surface area contributed by atoms with Crippen molar-refractivity contribution in [2.24, 2.45) is 5.41 Å². The third kappa shape index (κ3) is 2.04. The van der Waals surface area contributed by atoms with E-state index in [-0.39, 0.29) is 19.8 Å². The van der Waals surface area contributed by atoms with E-state index in [1.54, 1.807) is 0 Å². The molecule has 1 heterocycles. The Kier molecular flexibility index (Phi) is 4.12. The summed E-state index contributed by atoms with van der Waals surface area (Å²) in [6.45, 7) is 5.48. The van der Waals surface area contributed by atoms with E-state index in [2.05, 4.69) is 13.8 Å². The van der Waals surface area contributed by atoms with Gasteiger partial charge in [-0.1, -0.05) is 13.8 Å². The average Bonchev–Trinajstić information content (AvgIpc) is 2.24. The van der Waals surface area contributed by atoms with Crippen molar-refractivity contribution in [1.29, 1.82) is 0 Å². The maximum Gasteiger partial charge on any atom is 0.0906 e. The van der Waals surface area contributed by atoms with E-state index >= 15 is 0 Å². The minimum absolute atomic E-state index is 0.191. The summed E-state index contributed by atoms with van der Waals surface area (Å²) in [4.78, 5) is 2.00. The quantitative estimate of drug-likeness (QED) is 0.578. The fraction of sp³-hybridized carbons (Fsp3) is 1.00. The van der Waals surface area contributed by atoms with Crippen LogP contribution in [0.15, 0.2) is 0 Å². The maximum absolute atomic E-state index is 9.27. The van der Waals surface area contributed by atoms with Crippen molar-refractivity contribution < 1.29 is 15.3 Å². The maximum atomic E-state index is 9.27. The van der Waals surface area contributed by atoms with Crippen LogP contribution in [0, 0.1) is 5.41 Å². The van der Waals surface area contributed by atoms with Crippen molar-refractivity contribution in [3.63, 3.8) is 0 Å². The second kappa shape index (κ2) is 4.78. The molecule has 0 atom stereocenters. The SMILES string of the molecule is CCC1(CC)CN(C(CO)(CO)CO)C1. The molecule has 0 unspecified atom stereocenters. The lowest BCUT2D eigenvalue weighted by Crippen LogP contribution is -2.69. The van der Waals surface area contributed by atoms with E-state index < -0.39 is 5.54 Å². The molecule has 1 saturated heterocycles. The molecule has 90 valence electrons. The molecule has 3 N–H and O–H groups in total. The van der Waals surface area contributed by atoms with Crippen molar-refractivity contribution in [3.05, 3.63) is 0 Å². The van der Waals surface area contributed by atoms with Gasteiger partial charge in [0, 0.05) is 13.1 Å². The zero-order chi connectivity index (χ0) is 11.5. The molecule has 0 spiro atoms. The Morgan fingerprint density at radius 1 is 1.00 bits per heavy atom. The van der Waals surface area contributed by atoms with Crippen LogP contribution in [0.5, 0.6) is 0 Å². The molecule has 1 fully saturated rings. The molecular weight excluding hydrogens is 194 g/mol. The Hall–Kier alpha value is -0.160. The number of hydrogen-bond donors (Lipinski definition) is 3. The zero-order valence-corrected chi connectivity index (χ0v) is 9.74. The summed E-state index contributed by atoms with van der Waals surface area (Å²) in [6, 6.07) is 0. The molecule has 0 bridgehead atoms. The van der Waals surface area contributed by atoms with Gasteiger partial charge in [-0.15, -0.1) is 0 Å². The first-order valence-electron chi connectivity index (χ1n) is 5.69. The van der Waals surface area contributed by atoms with Gasteiger partial charge >= 0.3 is 0 Å². The van der Waals surface area contributed by atoms with Gasteiger partial charge in [-0.25, -0.2) is 0 Å². The molecular formula is C11H23NO3. The Bertz CT molecular complexity index is 184. The number of aliphatic hydroxyl groups is 3. The normalized spacial score (nSPS) is 21.4. The highest BCUT2D eigenvalue weighted by atomic mass is 16.3. The van der Waals surface area contributed by atoms with Gasteiger partial charge < -0.3 is 15.3 Å². The smallest absolute Gasteiger partial charge is 0.0906 e. The van der Waals surface area contributed by atoms with Crippen LogP contribution in [0.2, 0.25) is 0 Å². The van der Waals surface area contributed by atoms with Crippen LogP contribution in [0.25, 0.3) is 0 Å². The average molecular weight is 217 g/mol. The summed E-state index contributed by atoms with van der Waals surface area (Å²) in [5.74, 6) is 0. The highest BCUT2D eigenvalue weighted by Gasteiger charge is 2.49. The molecule has 0 aliphatic carbocycles. The molecule has 1 aliphatic rings. The van der Waals surface area contributed by atoms with Crippen LogP contribution >= 0.6 is 0 Å². The van der Waals surface area contributed by atoms with Crippen molar-refractivity contribution in [2.75, 3.05) is 32.9 Å². The molecule has 1 rings (SSSR count). The number of aliphatic hydroxyl groups excluding tert-OH is 3. The summed E-state index contributed by atoms with van der Waals surface area (Å²) < 4.78 is 0. The lowest BCUT2D eigenvalue weighted by atomic mass is 9.72. The van der Waals surface area contributed by atoms with Crippen molar-refractivity contribution in [3.8, 4) is 0 Å². The third-order valence-electron chi connectivity index (χ3n) is 4.11. The molecule has 0 amide bonds. The van der Waals surface area contributed by atoms with Gasteiger partial charge in [-0.05, 0) is 18.3 Å². The van der Waals surface area contributed by atoms with E-state index in [1.165, 1.54) is 0 Å². The topological polar surface area (TPSA) is 63.9 Å². The van der Waals surface area contributed by atoms with Crippen molar-refractivity contribution >= 4 is 0 Å². The van der Waals surface area contributed by atoms with E-state index in [4.69, 9.17) is 0 Å². The second-order valence-corrected chi connectivity index (χ2v) is 4.76. The largest absolute Gasteiger partial charge is 0.394 e. The van der Waals surface area contributed by atoms with E-state index in [1.807, 2.05) is 4.90 Å². The highest BCUT2D eigenvalue weighted by Crippen LogP contribution is 2.40. The Morgan fingerprint density at radius 2 is 1.40 bits per heavy atom. The fourth-order valence-electron chi connectivity index (χ4n) is 2.25. The molecule has 15 heavy (non-hydrogen) atoms. The van der Waals surface area contributed by atoms with E-state index in [0.717, 1.165) is 25.9 Å². The Labute approximate surface area is 91.5 Å². The lowest BCUT2D eigenvalue weighted by Gasteiger charge is -2.57. The number of likely N-dealkylation sites (tertiary alicyclic amines) is 1. The second-order valence-electron chi connectivity index (χ2n) is 4.76. The standard InChI is InChI=1S/C11H23NO3/c1-3-10(4-2)5-12(6-10)11(7-13,8-14)9-15/h13-15H,3-9H2,1-2H3. The van der Waals surface area contributed by atoms with E-state index in [0.29, 0.717) is 5.41 Å². The first-order chi connectivity index (χ1) is 7.12.